The Morgan fingerprint density at radius 3 is 2.59 bits per heavy atom. The normalized spacial score (nSPS) is 14.7. The van der Waals surface area contributed by atoms with Gasteiger partial charge in [0, 0.05) is 5.69 Å². The highest BCUT2D eigenvalue weighted by molar-refractivity contribution is 8.04. The summed E-state index contributed by atoms with van der Waals surface area (Å²) in [5.41, 5.74) is 2.56. The molecule has 0 aliphatic carbocycles. The van der Waals surface area contributed by atoms with Gasteiger partial charge in [-0.1, -0.05) is 42.1 Å². The fraction of sp³-hybridized carbons (Fsp3) is 0.0476. The zero-order valence-electron chi connectivity index (χ0n) is 15.3. The average molecular weight is 398 g/mol. The molecule has 0 saturated carbocycles. The van der Waals surface area contributed by atoms with Gasteiger partial charge in [-0.3, -0.25) is 9.69 Å². The van der Waals surface area contributed by atoms with Crippen molar-refractivity contribution in [3.05, 3.63) is 81.6 Å². The first-order chi connectivity index (χ1) is 14.2. The number of imidazole rings is 1. The number of hydrogen-bond donors (Lipinski definition) is 2. The summed E-state index contributed by atoms with van der Waals surface area (Å²) in [4.78, 5) is 29.9. The Labute approximate surface area is 169 Å². The Hall–Kier alpha value is -3.83. The molecule has 140 valence electrons. The minimum Gasteiger partial charge on any atom is -0.337 e. The molecule has 0 fully saturated rings. The monoisotopic (exact) mass is 398 g/mol. The Balaban J connectivity index is 1.78. The maximum atomic E-state index is 12.6. The number of aryl methyl sites for hydroxylation is 1. The molecule has 29 heavy (non-hydrogen) atoms. The standard InChI is InChI=1S/C21H14N6OS/c1-12-23-19-17(20(28)24-12)29-21(27(19)13-7-3-2-4-8-13)14(11-22)18-25-15-9-5-6-10-16(15)26-18/h2-10H,1H3,(H,25,26)(H,23,24,28)/b21-14+. The van der Waals surface area contributed by atoms with Gasteiger partial charge in [-0.2, -0.15) is 5.26 Å². The Morgan fingerprint density at radius 2 is 1.83 bits per heavy atom. The van der Waals surface area contributed by atoms with Crippen molar-refractivity contribution in [1.29, 1.82) is 5.26 Å². The number of anilines is 2. The first-order valence-electron chi connectivity index (χ1n) is 8.89. The number of nitrogens with zero attached hydrogens (tertiary/aromatic N) is 4. The van der Waals surface area contributed by atoms with E-state index in [9.17, 15) is 10.1 Å². The molecule has 0 unspecified atom stereocenters. The van der Waals surface area contributed by atoms with Crippen LogP contribution in [0.15, 0.2) is 69.3 Å². The smallest absolute Gasteiger partial charge is 0.267 e. The van der Waals surface area contributed by atoms with Gasteiger partial charge in [0.15, 0.2) is 11.6 Å². The third-order valence-electron chi connectivity index (χ3n) is 4.56. The summed E-state index contributed by atoms with van der Waals surface area (Å²) in [5.74, 6) is 1.48. The zero-order valence-corrected chi connectivity index (χ0v) is 16.1. The lowest BCUT2D eigenvalue weighted by Gasteiger charge is -2.20. The van der Waals surface area contributed by atoms with Crippen molar-refractivity contribution >= 4 is 39.9 Å². The minimum atomic E-state index is -0.227. The molecule has 3 heterocycles. The molecule has 0 atom stereocenters. The summed E-state index contributed by atoms with van der Waals surface area (Å²) in [6, 6.07) is 19.4. The number of para-hydroxylation sites is 3. The Morgan fingerprint density at radius 1 is 1.07 bits per heavy atom. The Bertz CT molecular complexity index is 1350. The molecule has 2 N–H and O–H groups in total. The van der Waals surface area contributed by atoms with Gasteiger partial charge in [-0.05, 0) is 31.2 Å². The van der Waals surface area contributed by atoms with Crippen LogP contribution in [0.25, 0.3) is 16.6 Å². The lowest BCUT2D eigenvalue weighted by molar-refractivity contribution is 0.957. The van der Waals surface area contributed by atoms with Gasteiger partial charge in [0.1, 0.15) is 27.4 Å². The van der Waals surface area contributed by atoms with Crippen molar-refractivity contribution in [3.63, 3.8) is 0 Å². The number of aromatic amines is 2. The van der Waals surface area contributed by atoms with Crippen LogP contribution in [-0.4, -0.2) is 19.9 Å². The van der Waals surface area contributed by atoms with Crippen LogP contribution in [0.4, 0.5) is 11.5 Å². The van der Waals surface area contributed by atoms with Crippen molar-refractivity contribution < 1.29 is 0 Å². The van der Waals surface area contributed by atoms with Gasteiger partial charge in [0.25, 0.3) is 5.56 Å². The van der Waals surface area contributed by atoms with Crippen molar-refractivity contribution in [2.45, 2.75) is 11.8 Å². The molecule has 0 spiro atoms. The topological polar surface area (TPSA) is 101 Å². The second kappa shape index (κ2) is 6.65. The molecule has 1 aliphatic heterocycles. The van der Waals surface area contributed by atoms with E-state index in [4.69, 9.17) is 0 Å². The number of rotatable bonds is 2. The van der Waals surface area contributed by atoms with Crippen LogP contribution >= 0.6 is 11.8 Å². The van der Waals surface area contributed by atoms with E-state index in [1.54, 1.807) is 6.92 Å². The fourth-order valence-electron chi connectivity index (χ4n) is 3.29. The summed E-state index contributed by atoms with van der Waals surface area (Å²) in [6.45, 7) is 1.74. The molecule has 0 radical (unpaired) electrons. The summed E-state index contributed by atoms with van der Waals surface area (Å²) < 4.78 is 0. The molecule has 0 saturated heterocycles. The van der Waals surface area contributed by atoms with E-state index in [1.807, 2.05) is 59.5 Å². The predicted octanol–water partition coefficient (Wildman–Crippen LogP) is 4.09. The molecule has 2 aromatic carbocycles. The lowest BCUT2D eigenvalue weighted by Crippen LogP contribution is -2.17. The Kier molecular flexibility index (Phi) is 3.96. The highest BCUT2D eigenvalue weighted by Gasteiger charge is 2.34. The average Bonchev–Trinajstić information content (AvgIpc) is 3.31. The van der Waals surface area contributed by atoms with Crippen LogP contribution in [0.1, 0.15) is 11.6 Å². The van der Waals surface area contributed by atoms with Gasteiger partial charge < -0.3 is 9.97 Å². The van der Waals surface area contributed by atoms with Crippen LogP contribution in [0.2, 0.25) is 0 Å². The van der Waals surface area contributed by atoms with Gasteiger partial charge in [-0.15, -0.1) is 0 Å². The SMILES string of the molecule is Cc1nc2c(c(=O)[nH]1)S/C(=C(\C#N)c1nc3ccccc3[nH]1)N2c1ccccc1. The number of fused-ring (bicyclic) bond motifs is 2. The van der Waals surface area contributed by atoms with Crippen molar-refractivity contribution in [2.75, 3.05) is 4.90 Å². The van der Waals surface area contributed by atoms with Gasteiger partial charge in [-0.25, -0.2) is 9.97 Å². The van der Waals surface area contributed by atoms with Crippen LogP contribution in [-0.2, 0) is 0 Å². The number of H-pyrrole nitrogens is 2. The second-order valence-corrected chi connectivity index (χ2v) is 7.47. The molecule has 4 aromatic rings. The van der Waals surface area contributed by atoms with Gasteiger partial charge in [0.05, 0.1) is 11.0 Å². The lowest BCUT2D eigenvalue weighted by atomic mass is 10.2. The quantitative estimate of drug-likeness (QED) is 0.493. The van der Waals surface area contributed by atoms with E-state index in [1.165, 1.54) is 11.8 Å². The van der Waals surface area contributed by atoms with Gasteiger partial charge >= 0.3 is 0 Å². The van der Waals surface area contributed by atoms with Crippen LogP contribution in [0.5, 0.6) is 0 Å². The third-order valence-corrected chi connectivity index (χ3v) is 5.71. The summed E-state index contributed by atoms with van der Waals surface area (Å²) in [5, 5.41) is 10.6. The molecule has 1 aliphatic rings. The number of benzene rings is 2. The molecule has 0 bridgehead atoms. The van der Waals surface area contributed by atoms with E-state index in [0.717, 1.165) is 16.7 Å². The van der Waals surface area contributed by atoms with E-state index >= 15 is 0 Å². The molecule has 7 nitrogen and oxygen atoms in total. The number of allylic oxidation sites excluding steroid dienone is 1. The molecule has 2 aromatic heterocycles. The van der Waals surface area contributed by atoms with Crippen molar-refractivity contribution in [1.82, 2.24) is 19.9 Å². The molecule has 0 amide bonds. The number of thioether (sulfide) groups is 1. The predicted molar refractivity (Wildman–Crippen MR) is 113 cm³/mol. The maximum absolute atomic E-state index is 12.6. The maximum Gasteiger partial charge on any atom is 0.267 e. The number of nitriles is 1. The third kappa shape index (κ3) is 2.80. The van der Waals surface area contributed by atoms with Crippen LogP contribution in [0, 0.1) is 18.3 Å². The minimum absolute atomic E-state index is 0.227. The van der Waals surface area contributed by atoms with E-state index < -0.39 is 0 Å². The number of nitrogens with one attached hydrogen (secondary N) is 2. The number of aromatic nitrogens is 4. The van der Waals surface area contributed by atoms with Crippen molar-refractivity contribution in [2.24, 2.45) is 0 Å². The summed E-state index contributed by atoms with van der Waals surface area (Å²) in [6.07, 6.45) is 0. The van der Waals surface area contributed by atoms with Crippen molar-refractivity contribution in [3.8, 4) is 6.07 Å². The van der Waals surface area contributed by atoms with Gasteiger partial charge in [0.2, 0.25) is 0 Å². The fourth-order valence-corrected chi connectivity index (χ4v) is 4.39. The molecular weight excluding hydrogens is 384 g/mol. The van der Waals surface area contributed by atoms with E-state index in [2.05, 4.69) is 26.0 Å². The van der Waals surface area contributed by atoms with Crippen LogP contribution < -0.4 is 10.5 Å². The molecular formula is C21H14N6OS. The van der Waals surface area contributed by atoms with Crippen LogP contribution in [0.3, 0.4) is 0 Å². The second-order valence-electron chi connectivity index (χ2n) is 6.47. The first kappa shape index (κ1) is 17.3. The number of hydrogen-bond acceptors (Lipinski definition) is 6. The van der Waals surface area contributed by atoms with E-state index in [0.29, 0.717) is 33.0 Å². The largest absolute Gasteiger partial charge is 0.337 e. The highest BCUT2D eigenvalue weighted by atomic mass is 32.2. The highest BCUT2D eigenvalue weighted by Crippen LogP contribution is 2.49. The van der Waals surface area contributed by atoms with E-state index in [-0.39, 0.29) is 5.56 Å². The first-order valence-corrected chi connectivity index (χ1v) is 9.71. The summed E-state index contributed by atoms with van der Waals surface area (Å²) >= 11 is 1.23. The molecule has 5 rings (SSSR count). The zero-order chi connectivity index (χ0) is 20.0. The molecule has 8 heteroatoms. The summed E-state index contributed by atoms with van der Waals surface area (Å²) in [7, 11) is 0.